The van der Waals surface area contributed by atoms with Crippen LogP contribution in [-0.2, 0) is 4.79 Å². The lowest BCUT2D eigenvalue weighted by molar-refractivity contribution is -0.138. The summed E-state index contributed by atoms with van der Waals surface area (Å²) >= 11 is 1.27. The van der Waals surface area contributed by atoms with Gasteiger partial charge >= 0.3 is 5.97 Å². The fourth-order valence-electron chi connectivity index (χ4n) is 0.614. The molecule has 4 heteroatoms. The monoisotopic (exact) mass is 192 g/mol. The third-order valence-corrected chi connectivity index (χ3v) is 3.20. The molecule has 0 spiro atoms. The molecule has 0 fully saturated rings. The minimum Gasteiger partial charge on any atom is -0.480 e. The number of rotatable bonds is 4. The second-order valence-corrected chi connectivity index (χ2v) is 5.38. The standard InChI is InChI=1S/C8H16O3S/c1-5(9)6(2)12-8(3,4)7(10)11/h5-6,9H,1-4H3,(H,10,11). The Labute approximate surface area is 77.2 Å². The summed E-state index contributed by atoms with van der Waals surface area (Å²) in [5.41, 5.74) is 0. The van der Waals surface area contributed by atoms with E-state index in [1.54, 1.807) is 20.8 Å². The van der Waals surface area contributed by atoms with Crippen LogP contribution in [0.1, 0.15) is 27.7 Å². The van der Waals surface area contributed by atoms with Crippen LogP contribution in [-0.4, -0.2) is 32.3 Å². The lowest BCUT2D eigenvalue weighted by Gasteiger charge is -2.24. The van der Waals surface area contributed by atoms with Gasteiger partial charge in [0.1, 0.15) is 4.75 Å². The first-order valence-electron chi connectivity index (χ1n) is 3.86. The van der Waals surface area contributed by atoms with Crippen molar-refractivity contribution >= 4 is 17.7 Å². The Morgan fingerprint density at radius 3 is 2.08 bits per heavy atom. The molecule has 0 aromatic heterocycles. The Hall–Kier alpha value is -0.220. The molecule has 2 unspecified atom stereocenters. The zero-order valence-electron chi connectivity index (χ0n) is 7.87. The highest BCUT2D eigenvalue weighted by Crippen LogP contribution is 2.30. The molecule has 0 heterocycles. The van der Waals surface area contributed by atoms with Gasteiger partial charge in [0.2, 0.25) is 0 Å². The maximum absolute atomic E-state index is 10.7. The van der Waals surface area contributed by atoms with Crippen molar-refractivity contribution in [1.82, 2.24) is 0 Å². The Balaban J connectivity index is 4.15. The van der Waals surface area contributed by atoms with Gasteiger partial charge in [-0.1, -0.05) is 6.92 Å². The van der Waals surface area contributed by atoms with Crippen molar-refractivity contribution in [3.05, 3.63) is 0 Å². The van der Waals surface area contributed by atoms with E-state index in [-0.39, 0.29) is 5.25 Å². The lowest BCUT2D eigenvalue weighted by atomic mass is 10.2. The first-order chi connectivity index (χ1) is 5.27. The van der Waals surface area contributed by atoms with E-state index in [0.29, 0.717) is 0 Å². The average molecular weight is 192 g/mol. The van der Waals surface area contributed by atoms with Crippen LogP contribution in [0.15, 0.2) is 0 Å². The van der Waals surface area contributed by atoms with Crippen LogP contribution in [0.2, 0.25) is 0 Å². The number of carboxylic acids is 1. The Morgan fingerprint density at radius 2 is 1.83 bits per heavy atom. The maximum atomic E-state index is 10.7. The van der Waals surface area contributed by atoms with Crippen molar-refractivity contribution in [3.8, 4) is 0 Å². The van der Waals surface area contributed by atoms with Gasteiger partial charge in [0.25, 0.3) is 0 Å². The summed E-state index contributed by atoms with van der Waals surface area (Å²) in [6, 6.07) is 0. The lowest BCUT2D eigenvalue weighted by Crippen LogP contribution is -2.32. The summed E-state index contributed by atoms with van der Waals surface area (Å²) < 4.78 is -0.823. The average Bonchev–Trinajstić information content (AvgIpc) is 1.85. The van der Waals surface area contributed by atoms with Gasteiger partial charge in [-0.2, -0.15) is 0 Å². The van der Waals surface area contributed by atoms with Crippen molar-refractivity contribution in [2.24, 2.45) is 0 Å². The van der Waals surface area contributed by atoms with E-state index in [0.717, 1.165) is 0 Å². The molecule has 0 aromatic rings. The summed E-state index contributed by atoms with van der Waals surface area (Å²) in [7, 11) is 0. The van der Waals surface area contributed by atoms with Crippen LogP contribution in [0.25, 0.3) is 0 Å². The number of aliphatic hydroxyl groups is 1. The minimum atomic E-state index is -0.847. The summed E-state index contributed by atoms with van der Waals surface area (Å²) in [4.78, 5) is 10.7. The third kappa shape index (κ3) is 3.45. The van der Waals surface area contributed by atoms with Crippen molar-refractivity contribution in [3.63, 3.8) is 0 Å². The first-order valence-corrected chi connectivity index (χ1v) is 4.74. The molecule has 72 valence electrons. The summed E-state index contributed by atoms with van der Waals surface area (Å²) in [5.74, 6) is -0.847. The zero-order valence-corrected chi connectivity index (χ0v) is 8.68. The molecular weight excluding hydrogens is 176 g/mol. The van der Waals surface area contributed by atoms with Crippen molar-refractivity contribution in [2.75, 3.05) is 0 Å². The largest absolute Gasteiger partial charge is 0.480 e. The van der Waals surface area contributed by atoms with E-state index in [2.05, 4.69) is 0 Å². The molecule has 0 amide bonds. The second kappa shape index (κ2) is 4.14. The molecule has 2 N–H and O–H groups in total. The van der Waals surface area contributed by atoms with E-state index < -0.39 is 16.8 Å². The molecule has 0 saturated carbocycles. The molecule has 2 atom stereocenters. The highest BCUT2D eigenvalue weighted by Gasteiger charge is 2.31. The predicted molar refractivity (Wildman–Crippen MR) is 50.4 cm³/mol. The van der Waals surface area contributed by atoms with E-state index in [9.17, 15) is 4.79 Å². The Morgan fingerprint density at radius 1 is 1.42 bits per heavy atom. The van der Waals surface area contributed by atoms with E-state index in [1.165, 1.54) is 11.8 Å². The van der Waals surface area contributed by atoms with Gasteiger partial charge in [0.15, 0.2) is 0 Å². The van der Waals surface area contributed by atoms with Crippen LogP contribution in [0.5, 0.6) is 0 Å². The quantitative estimate of drug-likeness (QED) is 0.706. The van der Waals surface area contributed by atoms with Gasteiger partial charge in [0.05, 0.1) is 6.10 Å². The molecule has 12 heavy (non-hydrogen) atoms. The Bertz CT molecular complexity index is 166. The van der Waals surface area contributed by atoms with Crippen LogP contribution in [0.4, 0.5) is 0 Å². The number of hydrogen-bond acceptors (Lipinski definition) is 3. The van der Waals surface area contributed by atoms with E-state index in [1.807, 2.05) is 6.92 Å². The molecule has 0 aliphatic carbocycles. The summed E-state index contributed by atoms with van der Waals surface area (Å²) in [5, 5.41) is 17.9. The molecule has 0 aliphatic rings. The van der Waals surface area contributed by atoms with Gasteiger partial charge in [-0.25, -0.2) is 0 Å². The van der Waals surface area contributed by atoms with Crippen LogP contribution in [0.3, 0.4) is 0 Å². The number of aliphatic carboxylic acids is 1. The molecule has 0 rings (SSSR count). The molecule has 0 bridgehead atoms. The van der Waals surface area contributed by atoms with E-state index in [4.69, 9.17) is 10.2 Å². The molecule has 3 nitrogen and oxygen atoms in total. The first kappa shape index (κ1) is 11.8. The number of thioether (sulfide) groups is 1. The molecule has 0 aliphatic heterocycles. The van der Waals surface area contributed by atoms with E-state index >= 15 is 0 Å². The molecular formula is C8H16O3S. The molecule has 0 radical (unpaired) electrons. The van der Waals surface area contributed by atoms with Crippen molar-refractivity contribution in [1.29, 1.82) is 0 Å². The van der Waals surface area contributed by atoms with Gasteiger partial charge in [-0.3, -0.25) is 4.79 Å². The van der Waals surface area contributed by atoms with Crippen LogP contribution in [0, 0.1) is 0 Å². The van der Waals surface area contributed by atoms with Crippen LogP contribution >= 0.6 is 11.8 Å². The van der Waals surface area contributed by atoms with Crippen LogP contribution < -0.4 is 0 Å². The third-order valence-electron chi connectivity index (χ3n) is 1.67. The fraction of sp³-hybridized carbons (Fsp3) is 0.875. The maximum Gasteiger partial charge on any atom is 0.319 e. The summed E-state index contributed by atoms with van der Waals surface area (Å²) in [6.45, 7) is 6.76. The second-order valence-electron chi connectivity index (χ2n) is 3.38. The number of carbonyl (C=O) groups is 1. The van der Waals surface area contributed by atoms with Gasteiger partial charge in [-0.05, 0) is 20.8 Å². The molecule has 0 aromatic carbocycles. The zero-order chi connectivity index (χ0) is 9.94. The Kier molecular flexibility index (Phi) is 4.06. The minimum absolute atomic E-state index is 0.0592. The molecule has 0 saturated heterocycles. The number of hydrogen-bond donors (Lipinski definition) is 2. The fourth-order valence-corrected chi connectivity index (χ4v) is 1.84. The van der Waals surface area contributed by atoms with Gasteiger partial charge in [-0.15, -0.1) is 11.8 Å². The summed E-state index contributed by atoms with van der Waals surface area (Å²) in [6.07, 6.45) is -0.478. The SMILES string of the molecule is CC(O)C(C)SC(C)(C)C(=O)O. The van der Waals surface area contributed by atoms with Crippen molar-refractivity contribution < 1.29 is 15.0 Å². The van der Waals surface area contributed by atoms with Gasteiger partial charge in [0, 0.05) is 5.25 Å². The van der Waals surface area contributed by atoms with Gasteiger partial charge < -0.3 is 10.2 Å². The highest BCUT2D eigenvalue weighted by molar-refractivity contribution is 8.01. The topological polar surface area (TPSA) is 57.5 Å². The number of carboxylic acid groups (broad SMARTS) is 1. The highest BCUT2D eigenvalue weighted by atomic mass is 32.2. The predicted octanol–water partition coefficient (Wildman–Crippen LogP) is 1.35. The smallest absolute Gasteiger partial charge is 0.319 e. The number of aliphatic hydroxyl groups excluding tert-OH is 1. The van der Waals surface area contributed by atoms with Crippen molar-refractivity contribution in [2.45, 2.75) is 43.8 Å². The normalized spacial score (nSPS) is 17.1.